The zero-order valence-electron chi connectivity index (χ0n) is 11.3. The van der Waals surface area contributed by atoms with Crippen molar-refractivity contribution in [3.8, 4) is 11.5 Å². The Labute approximate surface area is 112 Å². The number of phenolic OH excluding ortho intramolecular Hbond substituents is 1. The summed E-state index contributed by atoms with van der Waals surface area (Å²) < 4.78 is 9.91. The second-order valence-corrected chi connectivity index (χ2v) is 4.66. The fourth-order valence-electron chi connectivity index (χ4n) is 2.47. The van der Waals surface area contributed by atoms with Gasteiger partial charge in [-0.1, -0.05) is 6.07 Å². The van der Waals surface area contributed by atoms with Crippen LogP contribution in [0.2, 0.25) is 0 Å². The molecule has 2 rings (SSSR count). The molecule has 0 spiro atoms. The lowest BCUT2D eigenvalue weighted by molar-refractivity contribution is -0.146. The highest BCUT2D eigenvalue weighted by molar-refractivity contribution is 5.76. The number of rotatable bonds is 4. The first-order valence-electron chi connectivity index (χ1n) is 6.33. The molecule has 19 heavy (non-hydrogen) atoms. The van der Waals surface area contributed by atoms with E-state index in [0.717, 1.165) is 24.9 Å². The van der Waals surface area contributed by atoms with Gasteiger partial charge in [0.1, 0.15) is 6.04 Å². The third kappa shape index (κ3) is 2.98. The van der Waals surface area contributed by atoms with Crippen molar-refractivity contribution in [2.24, 2.45) is 0 Å². The molecule has 1 aliphatic heterocycles. The summed E-state index contributed by atoms with van der Waals surface area (Å²) in [6.45, 7) is 1.53. The molecular formula is C14H19NO4. The zero-order valence-corrected chi connectivity index (χ0v) is 11.3. The molecule has 1 aliphatic rings. The maximum Gasteiger partial charge on any atom is 0.323 e. The number of aromatic hydroxyl groups is 1. The Bertz CT molecular complexity index is 461. The van der Waals surface area contributed by atoms with Crippen molar-refractivity contribution in [3.05, 3.63) is 23.8 Å². The van der Waals surface area contributed by atoms with Crippen molar-refractivity contribution < 1.29 is 19.4 Å². The maximum absolute atomic E-state index is 11.7. The predicted octanol–water partition coefficient (Wildman–Crippen LogP) is 1.54. The number of phenols is 1. The van der Waals surface area contributed by atoms with Crippen molar-refractivity contribution >= 4 is 5.97 Å². The van der Waals surface area contributed by atoms with E-state index in [4.69, 9.17) is 9.47 Å². The average molecular weight is 265 g/mol. The number of methoxy groups -OCH3 is 2. The van der Waals surface area contributed by atoms with Crippen molar-refractivity contribution in [1.29, 1.82) is 0 Å². The summed E-state index contributed by atoms with van der Waals surface area (Å²) in [5.41, 5.74) is 1.01. The molecule has 1 heterocycles. The van der Waals surface area contributed by atoms with Gasteiger partial charge < -0.3 is 14.6 Å². The molecule has 0 aliphatic carbocycles. The van der Waals surface area contributed by atoms with Crippen molar-refractivity contribution in [1.82, 2.24) is 4.90 Å². The van der Waals surface area contributed by atoms with E-state index in [1.807, 2.05) is 6.07 Å². The molecular weight excluding hydrogens is 246 g/mol. The van der Waals surface area contributed by atoms with Crippen LogP contribution in [0.4, 0.5) is 0 Å². The maximum atomic E-state index is 11.7. The van der Waals surface area contributed by atoms with Gasteiger partial charge in [0, 0.05) is 6.54 Å². The van der Waals surface area contributed by atoms with Gasteiger partial charge in [0.2, 0.25) is 0 Å². The molecule has 0 bridgehead atoms. The lowest BCUT2D eigenvalue weighted by Gasteiger charge is -2.22. The van der Waals surface area contributed by atoms with E-state index in [0.29, 0.717) is 12.3 Å². The van der Waals surface area contributed by atoms with Crippen LogP contribution in [0, 0.1) is 0 Å². The topological polar surface area (TPSA) is 59.0 Å². The molecule has 104 valence electrons. The molecule has 0 saturated carbocycles. The molecule has 1 aromatic rings. The Morgan fingerprint density at radius 3 is 2.95 bits per heavy atom. The number of hydrogen-bond acceptors (Lipinski definition) is 5. The standard InChI is InChI=1S/C14H19NO4/c1-18-13-8-10(5-6-12(13)16)9-15-7-3-4-11(15)14(17)19-2/h5-6,8,11,16H,3-4,7,9H2,1-2H3. The second kappa shape index (κ2) is 5.93. The van der Waals surface area contributed by atoms with Crippen LogP contribution in [0.3, 0.4) is 0 Å². The van der Waals surface area contributed by atoms with Crippen molar-refractivity contribution in [3.63, 3.8) is 0 Å². The number of benzene rings is 1. The number of esters is 1. The molecule has 1 saturated heterocycles. The SMILES string of the molecule is COC(=O)C1CCCN1Cc1ccc(O)c(OC)c1. The summed E-state index contributed by atoms with van der Waals surface area (Å²) in [4.78, 5) is 13.8. The van der Waals surface area contributed by atoms with Gasteiger partial charge in [-0.15, -0.1) is 0 Å². The van der Waals surface area contributed by atoms with E-state index in [1.165, 1.54) is 14.2 Å². The Hall–Kier alpha value is -1.75. The van der Waals surface area contributed by atoms with E-state index in [2.05, 4.69) is 4.90 Å². The monoisotopic (exact) mass is 265 g/mol. The summed E-state index contributed by atoms with van der Waals surface area (Å²) in [7, 11) is 2.94. The van der Waals surface area contributed by atoms with Crippen LogP contribution < -0.4 is 4.74 Å². The first-order chi connectivity index (χ1) is 9.15. The minimum atomic E-state index is -0.178. The zero-order chi connectivity index (χ0) is 13.8. The first kappa shape index (κ1) is 13.7. The van der Waals surface area contributed by atoms with Gasteiger partial charge in [0.15, 0.2) is 11.5 Å². The number of carbonyl (C=O) groups excluding carboxylic acids is 1. The number of ether oxygens (including phenoxy) is 2. The van der Waals surface area contributed by atoms with Crippen molar-refractivity contribution in [2.75, 3.05) is 20.8 Å². The van der Waals surface area contributed by atoms with Crippen LogP contribution in [0.15, 0.2) is 18.2 Å². The quantitative estimate of drug-likeness (QED) is 0.837. The molecule has 0 amide bonds. The first-order valence-corrected chi connectivity index (χ1v) is 6.33. The summed E-state index contributed by atoms with van der Waals surface area (Å²) in [6, 6.07) is 5.08. The molecule has 1 N–H and O–H groups in total. The lowest BCUT2D eigenvalue weighted by atomic mass is 10.1. The number of nitrogens with zero attached hydrogens (tertiary/aromatic N) is 1. The van der Waals surface area contributed by atoms with Gasteiger partial charge in [-0.05, 0) is 37.1 Å². The third-order valence-corrected chi connectivity index (χ3v) is 3.47. The van der Waals surface area contributed by atoms with Crippen LogP contribution in [0.1, 0.15) is 18.4 Å². The van der Waals surface area contributed by atoms with Crippen LogP contribution in [-0.4, -0.2) is 42.8 Å². The van der Waals surface area contributed by atoms with E-state index in [-0.39, 0.29) is 17.8 Å². The average Bonchev–Trinajstić information content (AvgIpc) is 2.88. The van der Waals surface area contributed by atoms with Gasteiger partial charge in [-0.25, -0.2) is 0 Å². The van der Waals surface area contributed by atoms with Crippen LogP contribution in [-0.2, 0) is 16.1 Å². The minimum Gasteiger partial charge on any atom is -0.504 e. The van der Waals surface area contributed by atoms with E-state index < -0.39 is 0 Å². The van der Waals surface area contributed by atoms with Gasteiger partial charge in [0.25, 0.3) is 0 Å². The van der Waals surface area contributed by atoms with E-state index in [9.17, 15) is 9.90 Å². The fourth-order valence-corrected chi connectivity index (χ4v) is 2.47. The normalized spacial score (nSPS) is 19.4. The van der Waals surface area contributed by atoms with Gasteiger partial charge >= 0.3 is 5.97 Å². The number of likely N-dealkylation sites (tertiary alicyclic amines) is 1. The lowest BCUT2D eigenvalue weighted by Crippen LogP contribution is -2.36. The van der Waals surface area contributed by atoms with Gasteiger partial charge in [-0.2, -0.15) is 0 Å². The predicted molar refractivity (Wildman–Crippen MR) is 70.1 cm³/mol. The second-order valence-electron chi connectivity index (χ2n) is 4.66. The molecule has 5 nitrogen and oxygen atoms in total. The van der Waals surface area contributed by atoms with Crippen LogP contribution >= 0.6 is 0 Å². The Morgan fingerprint density at radius 2 is 2.26 bits per heavy atom. The Balaban J connectivity index is 2.10. The highest BCUT2D eigenvalue weighted by Crippen LogP contribution is 2.28. The minimum absolute atomic E-state index is 0.122. The third-order valence-electron chi connectivity index (χ3n) is 3.47. The molecule has 1 unspecified atom stereocenters. The highest BCUT2D eigenvalue weighted by atomic mass is 16.5. The van der Waals surface area contributed by atoms with Gasteiger partial charge in [-0.3, -0.25) is 9.69 Å². The van der Waals surface area contributed by atoms with Crippen molar-refractivity contribution in [2.45, 2.75) is 25.4 Å². The highest BCUT2D eigenvalue weighted by Gasteiger charge is 2.31. The molecule has 1 fully saturated rings. The fraction of sp³-hybridized carbons (Fsp3) is 0.500. The number of carbonyl (C=O) groups is 1. The molecule has 0 aromatic heterocycles. The van der Waals surface area contributed by atoms with Crippen LogP contribution in [0.25, 0.3) is 0 Å². The van der Waals surface area contributed by atoms with Gasteiger partial charge in [0.05, 0.1) is 14.2 Å². The summed E-state index contributed by atoms with van der Waals surface area (Å²) in [6.07, 6.45) is 1.83. The summed E-state index contributed by atoms with van der Waals surface area (Å²) in [5, 5.41) is 9.56. The molecule has 5 heteroatoms. The summed E-state index contributed by atoms with van der Waals surface area (Å²) >= 11 is 0. The Morgan fingerprint density at radius 1 is 1.47 bits per heavy atom. The smallest absolute Gasteiger partial charge is 0.323 e. The largest absolute Gasteiger partial charge is 0.504 e. The Kier molecular flexibility index (Phi) is 4.27. The number of hydrogen-bond donors (Lipinski definition) is 1. The molecule has 1 atom stereocenters. The molecule has 1 aromatic carbocycles. The van der Waals surface area contributed by atoms with E-state index in [1.54, 1.807) is 12.1 Å². The van der Waals surface area contributed by atoms with E-state index >= 15 is 0 Å². The molecule has 0 radical (unpaired) electrons. The summed E-state index contributed by atoms with van der Waals surface area (Å²) in [5.74, 6) is 0.395. The van der Waals surface area contributed by atoms with Crippen LogP contribution in [0.5, 0.6) is 11.5 Å².